The van der Waals surface area contributed by atoms with Gasteiger partial charge in [-0.1, -0.05) is 23.2 Å². The standard InChI is InChI=1S/C15H18Cl2N2O4S2/c1-8(2)24(20,21)7-14-15(25(22,23)9(3)4)19-13-6-11(17)10(16)5-12(13)18-14/h5-6,8-9H,7H2,1-4H3. The van der Waals surface area contributed by atoms with Crippen molar-refractivity contribution in [3.8, 4) is 0 Å². The smallest absolute Gasteiger partial charge is 0.199 e. The molecule has 138 valence electrons. The normalized spacial score (nSPS) is 13.1. The number of hydrogen-bond acceptors (Lipinski definition) is 6. The third-order valence-electron chi connectivity index (χ3n) is 3.69. The van der Waals surface area contributed by atoms with Gasteiger partial charge >= 0.3 is 0 Å². The van der Waals surface area contributed by atoms with Crippen LogP contribution in [0, 0.1) is 0 Å². The fourth-order valence-electron chi connectivity index (χ4n) is 1.97. The van der Waals surface area contributed by atoms with Crippen LogP contribution in [0.3, 0.4) is 0 Å². The number of benzene rings is 1. The zero-order valence-electron chi connectivity index (χ0n) is 14.1. The Bertz CT molecular complexity index is 1030. The summed E-state index contributed by atoms with van der Waals surface area (Å²) in [6, 6.07) is 2.84. The summed E-state index contributed by atoms with van der Waals surface area (Å²) in [4.78, 5) is 8.39. The van der Waals surface area contributed by atoms with Crippen molar-refractivity contribution in [3.05, 3.63) is 27.9 Å². The maximum Gasteiger partial charge on any atom is 0.199 e. The van der Waals surface area contributed by atoms with Crippen LogP contribution in [-0.4, -0.2) is 37.3 Å². The van der Waals surface area contributed by atoms with E-state index in [1.54, 1.807) is 0 Å². The molecule has 0 bridgehead atoms. The van der Waals surface area contributed by atoms with Crippen LogP contribution in [0.1, 0.15) is 33.4 Å². The SMILES string of the molecule is CC(C)S(=O)(=O)Cc1nc2cc(Cl)c(Cl)cc2nc1S(=O)(=O)C(C)C. The molecule has 0 unspecified atom stereocenters. The highest BCUT2D eigenvalue weighted by molar-refractivity contribution is 7.92. The first-order valence-electron chi connectivity index (χ1n) is 7.47. The third kappa shape index (κ3) is 4.07. The summed E-state index contributed by atoms with van der Waals surface area (Å²) in [5.74, 6) is -0.519. The molecule has 0 aliphatic heterocycles. The van der Waals surface area contributed by atoms with Crippen LogP contribution in [0.5, 0.6) is 0 Å². The number of halogens is 2. The predicted octanol–water partition coefficient (Wildman–Crippen LogP) is 3.44. The highest BCUT2D eigenvalue weighted by Crippen LogP contribution is 2.29. The average molecular weight is 425 g/mol. The van der Waals surface area contributed by atoms with E-state index in [-0.39, 0.29) is 31.8 Å². The van der Waals surface area contributed by atoms with E-state index in [0.717, 1.165) is 0 Å². The topological polar surface area (TPSA) is 94.1 Å². The molecule has 1 aromatic carbocycles. The third-order valence-corrected chi connectivity index (χ3v) is 8.63. The van der Waals surface area contributed by atoms with Gasteiger partial charge in [-0.2, -0.15) is 0 Å². The van der Waals surface area contributed by atoms with E-state index >= 15 is 0 Å². The summed E-state index contributed by atoms with van der Waals surface area (Å²) in [6.07, 6.45) is 0. The van der Waals surface area contributed by atoms with Crippen molar-refractivity contribution in [2.75, 3.05) is 0 Å². The maximum atomic E-state index is 12.6. The molecular weight excluding hydrogens is 407 g/mol. The lowest BCUT2D eigenvalue weighted by atomic mass is 10.3. The molecule has 0 spiro atoms. The molecule has 0 atom stereocenters. The van der Waals surface area contributed by atoms with Crippen molar-refractivity contribution in [1.82, 2.24) is 9.97 Å². The molecular formula is C15H18Cl2N2O4S2. The highest BCUT2D eigenvalue weighted by Gasteiger charge is 2.29. The number of fused-ring (bicyclic) bond motifs is 1. The van der Waals surface area contributed by atoms with Crippen molar-refractivity contribution in [2.45, 2.75) is 49.0 Å². The molecule has 0 radical (unpaired) electrons. The molecule has 0 saturated heterocycles. The van der Waals surface area contributed by atoms with Gasteiger partial charge in [0.25, 0.3) is 0 Å². The second-order valence-electron chi connectivity index (χ2n) is 6.18. The first-order chi connectivity index (χ1) is 11.4. The zero-order valence-corrected chi connectivity index (χ0v) is 17.3. The lowest BCUT2D eigenvalue weighted by Crippen LogP contribution is -2.22. The van der Waals surface area contributed by atoms with Gasteiger partial charge in [0.1, 0.15) is 0 Å². The van der Waals surface area contributed by atoms with Crippen molar-refractivity contribution in [3.63, 3.8) is 0 Å². The molecule has 0 aliphatic carbocycles. The van der Waals surface area contributed by atoms with Gasteiger partial charge in [-0.15, -0.1) is 0 Å². The summed E-state index contributed by atoms with van der Waals surface area (Å²) in [7, 11) is -7.41. The molecule has 2 rings (SSSR count). The molecule has 0 aliphatic rings. The number of rotatable bonds is 5. The summed E-state index contributed by atoms with van der Waals surface area (Å²) >= 11 is 11.9. The Balaban J connectivity index is 2.83. The fourth-order valence-corrected chi connectivity index (χ4v) is 4.42. The maximum absolute atomic E-state index is 12.6. The Morgan fingerprint density at radius 3 is 1.80 bits per heavy atom. The number of hydrogen-bond donors (Lipinski definition) is 0. The Morgan fingerprint density at radius 1 is 0.880 bits per heavy atom. The molecule has 25 heavy (non-hydrogen) atoms. The molecule has 0 fully saturated rings. The lowest BCUT2D eigenvalue weighted by Gasteiger charge is -2.14. The van der Waals surface area contributed by atoms with Gasteiger partial charge in [-0.3, -0.25) is 0 Å². The Hall–Kier alpha value is -0.960. The van der Waals surface area contributed by atoms with Crippen LogP contribution in [0.25, 0.3) is 11.0 Å². The minimum Gasteiger partial charge on any atom is -0.247 e. The van der Waals surface area contributed by atoms with Crippen LogP contribution >= 0.6 is 23.2 Å². The van der Waals surface area contributed by atoms with Gasteiger partial charge in [-0.25, -0.2) is 26.8 Å². The number of aromatic nitrogens is 2. The van der Waals surface area contributed by atoms with Crippen molar-refractivity contribution in [2.24, 2.45) is 0 Å². The largest absolute Gasteiger partial charge is 0.247 e. The van der Waals surface area contributed by atoms with E-state index < -0.39 is 35.9 Å². The first kappa shape index (κ1) is 20.4. The van der Waals surface area contributed by atoms with Gasteiger partial charge < -0.3 is 0 Å². The van der Waals surface area contributed by atoms with E-state index in [1.165, 1.54) is 39.8 Å². The summed E-state index contributed by atoms with van der Waals surface area (Å²) in [5.41, 5.74) is 0.415. The predicted molar refractivity (Wildman–Crippen MR) is 99.6 cm³/mol. The minimum absolute atomic E-state index is 0.103. The van der Waals surface area contributed by atoms with E-state index in [1.807, 2.05) is 0 Å². The molecule has 2 aromatic rings. The van der Waals surface area contributed by atoms with E-state index in [4.69, 9.17) is 23.2 Å². The zero-order chi connectivity index (χ0) is 19.2. The van der Waals surface area contributed by atoms with Crippen LogP contribution in [0.15, 0.2) is 17.2 Å². The van der Waals surface area contributed by atoms with Crippen molar-refractivity contribution >= 4 is 53.9 Å². The summed E-state index contributed by atoms with van der Waals surface area (Å²) in [6.45, 7) is 6.04. The summed E-state index contributed by atoms with van der Waals surface area (Å²) in [5, 5.41) is -1.35. The lowest BCUT2D eigenvalue weighted by molar-refractivity contribution is 0.579. The molecule has 0 N–H and O–H groups in total. The molecule has 0 saturated carbocycles. The number of nitrogens with zero attached hydrogens (tertiary/aromatic N) is 2. The Morgan fingerprint density at radius 2 is 1.36 bits per heavy atom. The quantitative estimate of drug-likeness (QED) is 0.729. The van der Waals surface area contributed by atoms with Gasteiger partial charge in [0, 0.05) is 0 Å². The molecule has 1 heterocycles. The highest BCUT2D eigenvalue weighted by atomic mass is 35.5. The average Bonchev–Trinajstić information content (AvgIpc) is 2.47. The van der Waals surface area contributed by atoms with Gasteiger partial charge in [-0.05, 0) is 39.8 Å². The van der Waals surface area contributed by atoms with E-state index in [9.17, 15) is 16.8 Å². The van der Waals surface area contributed by atoms with Gasteiger partial charge in [0.2, 0.25) is 0 Å². The minimum atomic E-state index is -3.83. The molecule has 0 amide bonds. The van der Waals surface area contributed by atoms with Crippen molar-refractivity contribution < 1.29 is 16.8 Å². The Labute approximate surface area is 157 Å². The van der Waals surface area contributed by atoms with Crippen LogP contribution < -0.4 is 0 Å². The fraction of sp³-hybridized carbons (Fsp3) is 0.467. The monoisotopic (exact) mass is 424 g/mol. The van der Waals surface area contributed by atoms with Crippen LogP contribution in [0.4, 0.5) is 0 Å². The summed E-state index contributed by atoms with van der Waals surface area (Å²) < 4.78 is 49.9. The second kappa shape index (κ2) is 6.98. The van der Waals surface area contributed by atoms with Crippen molar-refractivity contribution in [1.29, 1.82) is 0 Å². The van der Waals surface area contributed by atoms with E-state index in [2.05, 4.69) is 9.97 Å². The number of sulfone groups is 2. The van der Waals surface area contributed by atoms with Crippen LogP contribution in [-0.2, 0) is 25.4 Å². The molecule has 1 aromatic heterocycles. The first-order valence-corrected chi connectivity index (χ1v) is 11.5. The van der Waals surface area contributed by atoms with Gasteiger partial charge in [0.15, 0.2) is 24.7 Å². The second-order valence-corrected chi connectivity index (χ2v) is 12.0. The van der Waals surface area contributed by atoms with E-state index in [0.29, 0.717) is 0 Å². The van der Waals surface area contributed by atoms with Gasteiger partial charge in [0.05, 0.1) is 43.0 Å². The Kier molecular flexibility index (Phi) is 5.68. The van der Waals surface area contributed by atoms with Crippen LogP contribution in [0.2, 0.25) is 10.0 Å². The molecule has 6 nitrogen and oxygen atoms in total. The molecule has 10 heteroatoms.